The van der Waals surface area contributed by atoms with Gasteiger partial charge < -0.3 is 4.74 Å². The molecular weight excluding hydrogens is 203 g/mol. The van der Waals surface area contributed by atoms with Crippen LogP contribution in [0.25, 0.3) is 0 Å². The number of ketones is 1. The smallest absolute Gasteiger partial charge is 0.379 e. The predicted octanol–water partition coefficient (Wildman–Crippen LogP) is 1.48. The molecule has 0 rings (SSSR count). The summed E-state index contributed by atoms with van der Waals surface area (Å²) in [6, 6.07) is 0. The van der Waals surface area contributed by atoms with E-state index in [9.17, 15) is 9.59 Å². The zero-order valence-corrected chi connectivity index (χ0v) is 7.98. The van der Waals surface area contributed by atoms with Crippen LogP contribution in [0.1, 0.15) is 6.92 Å². The highest BCUT2D eigenvalue weighted by Crippen LogP contribution is 2.03. The summed E-state index contributed by atoms with van der Waals surface area (Å²) >= 11 is 10.7. The second-order valence-corrected chi connectivity index (χ2v) is 2.56. The van der Waals surface area contributed by atoms with E-state index < -0.39 is 11.8 Å². The molecule has 0 aliphatic heterocycles. The lowest BCUT2D eigenvalue weighted by Crippen LogP contribution is -2.15. The maximum absolute atomic E-state index is 10.8. The van der Waals surface area contributed by atoms with Gasteiger partial charge in [-0.25, -0.2) is 4.79 Å². The monoisotopic (exact) mass is 210 g/mol. The fraction of sp³-hybridized carbons (Fsp3) is 0.429. The molecule has 0 heterocycles. The molecule has 0 saturated heterocycles. The first kappa shape index (κ1) is 11.5. The summed E-state index contributed by atoms with van der Waals surface area (Å²) in [5, 5.41) is 0.120. The number of allylic oxidation sites excluding steroid dienone is 1. The molecule has 0 spiro atoms. The molecular formula is C7H8Cl2O3. The minimum absolute atomic E-state index is 0.00665. The molecule has 3 nitrogen and oxygen atoms in total. The van der Waals surface area contributed by atoms with E-state index in [1.54, 1.807) is 6.92 Å². The highest BCUT2D eigenvalue weighted by atomic mass is 35.5. The van der Waals surface area contributed by atoms with Gasteiger partial charge in [-0.1, -0.05) is 11.6 Å². The Labute approximate surface area is 80.3 Å². The SMILES string of the molecule is CCOC(=O)C(=O)/C=C(\Cl)CCl. The summed E-state index contributed by atoms with van der Waals surface area (Å²) in [7, 11) is 0. The van der Waals surface area contributed by atoms with Gasteiger partial charge in [-0.15, -0.1) is 11.6 Å². The normalized spacial score (nSPS) is 11.1. The van der Waals surface area contributed by atoms with Gasteiger partial charge in [0, 0.05) is 11.1 Å². The van der Waals surface area contributed by atoms with E-state index in [1.807, 2.05) is 0 Å². The molecule has 0 N–H and O–H groups in total. The van der Waals surface area contributed by atoms with Gasteiger partial charge in [0.25, 0.3) is 5.78 Å². The maximum Gasteiger partial charge on any atom is 0.379 e. The van der Waals surface area contributed by atoms with Crippen molar-refractivity contribution in [2.24, 2.45) is 0 Å². The van der Waals surface area contributed by atoms with Crippen LogP contribution in [0, 0.1) is 0 Å². The van der Waals surface area contributed by atoms with Gasteiger partial charge in [-0.3, -0.25) is 4.79 Å². The number of rotatable bonds is 4. The Morgan fingerprint density at radius 3 is 2.50 bits per heavy atom. The molecule has 0 unspecified atom stereocenters. The first-order valence-corrected chi connectivity index (χ1v) is 4.16. The van der Waals surface area contributed by atoms with Crippen LogP contribution in [-0.4, -0.2) is 24.2 Å². The third-order valence-corrected chi connectivity index (χ3v) is 1.56. The molecule has 0 radical (unpaired) electrons. The van der Waals surface area contributed by atoms with Gasteiger partial charge in [-0.2, -0.15) is 0 Å². The first-order chi connectivity index (χ1) is 5.61. The van der Waals surface area contributed by atoms with Gasteiger partial charge in [0.1, 0.15) is 0 Å². The molecule has 0 aliphatic carbocycles. The summed E-state index contributed by atoms with van der Waals surface area (Å²) in [6.07, 6.45) is 0.951. The average Bonchev–Trinajstić information content (AvgIpc) is 2.04. The molecule has 12 heavy (non-hydrogen) atoms. The number of hydrogen-bond acceptors (Lipinski definition) is 3. The number of carbonyl (C=O) groups excluding carboxylic acids is 2. The molecule has 0 bridgehead atoms. The van der Waals surface area contributed by atoms with Crippen molar-refractivity contribution < 1.29 is 14.3 Å². The van der Waals surface area contributed by atoms with Crippen molar-refractivity contribution in [1.29, 1.82) is 0 Å². The summed E-state index contributed by atoms with van der Waals surface area (Å²) in [5.74, 6) is -1.70. The van der Waals surface area contributed by atoms with E-state index in [0.29, 0.717) is 0 Å². The predicted molar refractivity (Wildman–Crippen MR) is 46.3 cm³/mol. The lowest BCUT2D eigenvalue weighted by Gasteiger charge is -1.96. The standard InChI is InChI=1S/C7H8Cl2O3/c1-2-12-7(11)6(10)3-5(9)4-8/h3H,2,4H2,1H3/b5-3-. The van der Waals surface area contributed by atoms with Gasteiger partial charge in [0.15, 0.2) is 0 Å². The third kappa shape index (κ3) is 4.36. The van der Waals surface area contributed by atoms with Gasteiger partial charge in [0.2, 0.25) is 0 Å². The molecule has 5 heteroatoms. The van der Waals surface area contributed by atoms with E-state index in [0.717, 1.165) is 6.08 Å². The van der Waals surface area contributed by atoms with Crippen LogP contribution in [0.15, 0.2) is 11.1 Å². The van der Waals surface area contributed by atoms with E-state index in [2.05, 4.69) is 4.74 Å². The summed E-state index contributed by atoms with van der Waals surface area (Å²) in [4.78, 5) is 21.5. The molecule has 0 aliphatic rings. The van der Waals surface area contributed by atoms with Crippen molar-refractivity contribution in [2.75, 3.05) is 12.5 Å². The fourth-order valence-electron chi connectivity index (χ4n) is 0.442. The highest BCUT2D eigenvalue weighted by Gasteiger charge is 2.11. The van der Waals surface area contributed by atoms with Crippen molar-refractivity contribution >= 4 is 35.0 Å². The lowest BCUT2D eigenvalue weighted by atomic mass is 10.3. The quantitative estimate of drug-likeness (QED) is 0.306. The van der Waals surface area contributed by atoms with E-state index in [1.165, 1.54) is 0 Å². The Bertz CT molecular complexity index is 211. The summed E-state index contributed by atoms with van der Waals surface area (Å²) in [6.45, 7) is 1.77. The molecule has 0 aromatic carbocycles. The Kier molecular flexibility index (Phi) is 5.76. The van der Waals surface area contributed by atoms with Crippen LogP contribution in [0.2, 0.25) is 0 Å². The van der Waals surface area contributed by atoms with Crippen molar-refractivity contribution in [2.45, 2.75) is 6.92 Å². The van der Waals surface area contributed by atoms with Crippen LogP contribution in [0.3, 0.4) is 0 Å². The number of alkyl halides is 1. The molecule has 0 fully saturated rings. The van der Waals surface area contributed by atoms with Crippen LogP contribution < -0.4 is 0 Å². The number of esters is 1. The molecule has 0 aromatic heterocycles. The topological polar surface area (TPSA) is 43.4 Å². The van der Waals surface area contributed by atoms with Gasteiger partial charge >= 0.3 is 5.97 Å². The van der Waals surface area contributed by atoms with Crippen LogP contribution in [0.5, 0.6) is 0 Å². The van der Waals surface area contributed by atoms with E-state index in [4.69, 9.17) is 23.2 Å². The number of carbonyl (C=O) groups is 2. The highest BCUT2D eigenvalue weighted by molar-refractivity contribution is 6.43. The number of halogens is 2. The molecule has 0 amide bonds. The van der Waals surface area contributed by atoms with Gasteiger partial charge in [-0.05, 0) is 6.92 Å². The maximum atomic E-state index is 10.8. The molecule has 0 aromatic rings. The summed E-state index contributed by atoms with van der Waals surface area (Å²) in [5.41, 5.74) is 0. The minimum Gasteiger partial charge on any atom is -0.460 e. The molecule has 0 atom stereocenters. The number of hydrogen-bond donors (Lipinski definition) is 0. The Morgan fingerprint density at radius 1 is 1.50 bits per heavy atom. The largest absolute Gasteiger partial charge is 0.460 e. The van der Waals surface area contributed by atoms with Crippen LogP contribution >= 0.6 is 23.2 Å². The zero-order chi connectivity index (χ0) is 9.56. The Hall–Kier alpha value is -0.540. The van der Waals surface area contributed by atoms with Crippen molar-refractivity contribution in [1.82, 2.24) is 0 Å². The zero-order valence-electron chi connectivity index (χ0n) is 6.47. The molecule has 0 saturated carbocycles. The van der Waals surface area contributed by atoms with Gasteiger partial charge in [0.05, 0.1) is 12.5 Å². The van der Waals surface area contributed by atoms with E-state index >= 15 is 0 Å². The minimum atomic E-state index is -0.916. The summed E-state index contributed by atoms with van der Waals surface area (Å²) < 4.78 is 4.41. The fourth-order valence-corrected chi connectivity index (χ4v) is 0.618. The van der Waals surface area contributed by atoms with Crippen LogP contribution in [-0.2, 0) is 14.3 Å². The first-order valence-electron chi connectivity index (χ1n) is 3.25. The van der Waals surface area contributed by atoms with Crippen molar-refractivity contribution in [3.8, 4) is 0 Å². The Morgan fingerprint density at radius 2 is 2.08 bits per heavy atom. The van der Waals surface area contributed by atoms with Crippen LogP contribution in [0.4, 0.5) is 0 Å². The van der Waals surface area contributed by atoms with E-state index in [-0.39, 0.29) is 17.5 Å². The van der Waals surface area contributed by atoms with Crippen molar-refractivity contribution in [3.63, 3.8) is 0 Å². The Balaban J connectivity index is 4.12. The molecule has 68 valence electrons. The second-order valence-electron chi connectivity index (χ2n) is 1.81. The average molecular weight is 211 g/mol. The second kappa shape index (κ2) is 6.03. The number of ether oxygens (including phenoxy) is 1. The van der Waals surface area contributed by atoms with Crippen molar-refractivity contribution in [3.05, 3.63) is 11.1 Å². The third-order valence-electron chi connectivity index (χ3n) is 0.892. The lowest BCUT2D eigenvalue weighted by molar-refractivity contribution is -0.151.